The molecule has 0 aliphatic carbocycles. The van der Waals surface area contributed by atoms with Crippen molar-refractivity contribution in [3.63, 3.8) is 0 Å². The third kappa shape index (κ3) is 1.47. The summed E-state index contributed by atoms with van der Waals surface area (Å²) in [5, 5.41) is 6.44. The smallest absolute Gasteiger partial charge is 0.238 e. The number of fused-ring (bicyclic) bond motifs is 1. The molecule has 4 nitrogen and oxygen atoms in total. The van der Waals surface area contributed by atoms with Crippen molar-refractivity contribution in [2.45, 2.75) is 4.90 Å². The van der Waals surface area contributed by atoms with Crippen LogP contribution in [0.25, 0.3) is 10.8 Å². The molecule has 0 amide bonds. The molecule has 0 saturated carbocycles. The Labute approximate surface area is 81.4 Å². The molecule has 1 aromatic carbocycles. The van der Waals surface area contributed by atoms with E-state index in [4.69, 9.17) is 5.14 Å². The fraction of sp³-hybridized carbons (Fsp3) is 0. The summed E-state index contributed by atoms with van der Waals surface area (Å²) >= 11 is 0. The number of hydrogen-bond acceptors (Lipinski definition) is 3. The van der Waals surface area contributed by atoms with Crippen LogP contribution >= 0.6 is 0 Å². The molecule has 0 fully saturated rings. The largest absolute Gasteiger partial charge is 0.264 e. The Kier molecular flexibility index (Phi) is 1.98. The predicted molar refractivity (Wildman–Crippen MR) is 53.1 cm³/mol. The summed E-state index contributed by atoms with van der Waals surface area (Å²) in [5.41, 5.74) is 0. The van der Waals surface area contributed by atoms with Crippen LogP contribution in [0, 0.1) is 0 Å². The van der Waals surface area contributed by atoms with Crippen LogP contribution in [0.1, 0.15) is 0 Å². The number of pyridine rings is 1. The maximum absolute atomic E-state index is 11.2. The van der Waals surface area contributed by atoms with E-state index in [-0.39, 0.29) is 4.90 Å². The van der Waals surface area contributed by atoms with Gasteiger partial charge >= 0.3 is 0 Å². The van der Waals surface area contributed by atoms with Gasteiger partial charge in [0.1, 0.15) is 0 Å². The van der Waals surface area contributed by atoms with Gasteiger partial charge in [0, 0.05) is 23.2 Å². The van der Waals surface area contributed by atoms with E-state index in [9.17, 15) is 8.42 Å². The van der Waals surface area contributed by atoms with E-state index >= 15 is 0 Å². The average molecular weight is 208 g/mol. The van der Waals surface area contributed by atoms with E-state index in [2.05, 4.69) is 4.98 Å². The van der Waals surface area contributed by atoms with Gasteiger partial charge in [-0.05, 0) is 12.1 Å². The van der Waals surface area contributed by atoms with E-state index < -0.39 is 10.0 Å². The van der Waals surface area contributed by atoms with Crippen molar-refractivity contribution in [1.82, 2.24) is 4.98 Å². The number of hydrogen-bond donors (Lipinski definition) is 1. The normalized spacial score (nSPS) is 11.8. The second-order valence-electron chi connectivity index (χ2n) is 2.90. The molecule has 0 unspecified atom stereocenters. The van der Waals surface area contributed by atoms with E-state index in [0.717, 1.165) is 5.39 Å². The lowest BCUT2D eigenvalue weighted by atomic mass is 10.2. The fourth-order valence-corrected chi connectivity index (χ4v) is 2.10. The lowest BCUT2D eigenvalue weighted by molar-refractivity contribution is 0.598. The Hall–Kier alpha value is -1.46. The van der Waals surface area contributed by atoms with Crippen LogP contribution in [0.2, 0.25) is 0 Å². The highest BCUT2D eigenvalue weighted by atomic mass is 32.2. The number of sulfonamides is 1. The Bertz CT molecular complexity index is 573. The van der Waals surface area contributed by atoms with Crippen molar-refractivity contribution in [1.29, 1.82) is 0 Å². The molecule has 2 N–H and O–H groups in total. The molecule has 0 saturated heterocycles. The summed E-state index contributed by atoms with van der Waals surface area (Å²) in [6.07, 6.45) is 3.14. The van der Waals surface area contributed by atoms with Gasteiger partial charge in [0.15, 0.2) is 0 Å². The second-order valence-corrected chi connectivity index (χ2v) is 4.43. The van der Waals surface area contributed by atoms with Crippen molar-refractivity contribution in [3.05, 3.63) is 36.7 Å². The van der Waals surface area contributed by atoms with Gasteiger partial charge in [-0.15, -0.1) is 0 Å². The molecule has 1 heterocycles. The molecule has 0 radical (unpaired) electrons. The summed E-state index contributed by atoms with van der Waals surface area (Å²) in [6, 6.07) is 6.55. The number of nitrogens with zero attached hydrogens (tertiary/aromatic N) is 1. The summed E-state index contributed by atoms with van der Waals surface area (Å²) < 4.78 is 22.4. The predicted octanol–water partition coefficient (Wildman–Crippen LogP) is 0.882. The zero-order chi connectivity index (χ0) is 10.2. The quantitative estimate of drug-likeness (QED) is 0.756. The molecule has 72 valence electrons. The zero-order valence-electron chi connectivity index (χ0n) is 7.21. The number of benzene rings is 1. The number of nitrogens with two attached hydrogens (primary N) is 1. The molecule has 0 atom stereocenters. The van der Waals surface area contributed by atoms with Crippen molar-refractivity contribution in [2.24, 2.45) is 5.14 Å². The summed E-state index contributed by atoms with van der Waals surface area (Å²) in [4.78, 5) is 4.04. The molecule has 14 heavy (non-hydrogen) atoms. The molecule has 0 spiro atoms. The van der Waals surface area contributed by atoms with Crippen LogP contribution in [0.3, 0.4) is 0 Å². The van der Waals surface area contributed by atoms with Crippen LogP contribution in [0.15, 0.2) is 41.6 Å². The lowest BCUT2D eigenvalue weighted by Gasteiger charge is -2.02. The van der Waals surface area contributed by atoms with Gasteiger partial charge in [0.2, 0.25) is 10.0 Å². The van der Waals surface area contributed by atoms with Gasteiger partial charge in [0.05, 0.1) is 4.90 Å². The first-order chi connectivity index (χ1) is 6.59. The molecule has 2 aromatic rings. The van der Waals surface area contributed by atoms with Crippen LogP contribution in [0.5, 0.6) is 0 Å². The molecule has 0 aliphatic heterocycles. The van der Waals surface area contributed by atoms with Crippen molar-refractivity contribution in [2.75, 3.05) is 0 Å². The SMILES string of the molecule is NS(=O)(=O)c1cccc2cnccc12. The summed E-state index contributed by atoms with van der Waals surface area (Å²) in [5.74, 6) is 0. The fourth-order valence-electron chi connectivity index (χ4n) is 1.34. The lowest BCUT2D eigenvalue weighted by Crippen LogP contribution is -2.12. The molecular formula is C9H8N2O2S. The molecule has 2 rings (SSSR count). The number of aromatic nitrogens is 1. The Morgan fingerprint density at radius 3 is 2.71 bits per heavy atom. The van der Waals surface area contributed by atoms with E-state index in [1.165, 1.54) is 12.3 Å². The van der Waals surface area contributed by atoms with Crippen molar-refractivity contribution < 1.29 is 8.42 Å². The monoisotopic (exact) mass is 208 g/mol. The van der Waals surface area contributed by atoms with Crippen LogP contribution < -0.4 is 5.14 Å². The summed E-state index contributed by atoms with van der Waals surface area (Å²) in [7, 11) is -3.66. The van der Waals surface area contributed by atoms with Gasteiger partial charge in [-0.1, -0.05) is 12.1 Å². The van der Waals surface area contributed by atoms with E-state index in [1.807, 2.05) is 0 Å². The van der Waals surface area contributed by atoms with Crippen LogP contribution in [-0.4, -0.2) is 13.4 Å². The Morgan fingerprint density at radius 1 is 1.21 bits per heavy atom. The van der Waals surface area contributed by atoms with Gasteiger partial charge in [-0.3, -0.25) is 4.98 Å². The maximum Gasteiger partial charge on any atom is 0.238 e. The van der Waals surface area contributed by atoms with Crippen LogP contribution in [0.4, 0.5) is 0 Å². The summed E-state index contributed by atoms with van der Waals surface area (Å²) in [6.45, 7) is 0. The van der Waals surface area contributed by atoms with E-state index in [0.29, 0.717) is 5.39 Å². The Balaban J connectivity index is 2.92. The minimum absolute atomic E-state index is 0.136. The van der Waals surface area contributed by atoms with Gasteiger partial charge < -0.3 is 0 Å². The minimum Gasteiger partial charge on any atom is -0.264 e. The second kappa shape index (κ2) is 3.04. The molecule has 0 aliphatic rings. The highest BCUT2D eigenvalue weighted by Gasteiger charge is 2.10. The number of primary sulfonamides is 1. The van der Waals surface area contributed by atoms with E-state index in [1.54, 1.807) is 24.4 Å². The molecule has 1 aromatic heterocycles. The van der Waals surface area contributed by atoms with Crippen molar-refractivity contribution in [3.8, 4) is 0 Å². The molecular weight excluding hydrogens is 200 g/mol. The molecule has 0 bridgehead atoms. The Morgan fingerprint density at radius 2 is 2.00 bits per heavy atom. The first-order valence-corrected chi connectivity index (χ1v) is 5.49. The highest BCUT2D eigenvalue weighted by Crippen LogP contribution is 2.20. The number of rotatable bonds is 1. The first-order valence-electron chi connectivity index (χ1n) is 3.94. The topological polar surface area (TPSA) is 73.1 Å². The third-order valence-electron chi connectivity index (χ3n) is 1.95. The van der Waals surface area contributed by atoms with Crippen molar-refractivity contribution >= 4 is 20.8 Å². The van der Waals surface area contributed by atoms with Crippen LogP contribution in [-0.2, 0) is 10.0 Å². The average Bonchev–Trinajstić information content (AvgIpc) is 2.15. The molecule has 5 heteroatoms. The highest BCUT2D eigenvalue weighted by molar-refractivity contribution is 7.89. The standard InChI is InChI=1S/C9H8N2O2S/c10-14(12,13)9-3-1-2-7-6-11-5-4-8(7)9/h1-6H,(H2,10,12,13). The first kappa shape index (κ1) is 9.11. The van der Waals surface area contributed by atoms with Gasteiger partial charge in [-0.25, -0.2) is 13.6 Å². The third-order valence-corrected chi connectivity index (χ3v) is 2.92. The zero-order valence-corrected chi connectivity index (χ0v) is 8.03. The minimum atomic E-state index is -3.66. The van der Waals surface area contributed by atoms with Gasteiger partial charge in [-0.2, -0.15) is 0 Å². The van der Waals surface area contributed by atoms with Gasteiger partial charge in [0.25, 0.3) is 0 Å². The maximum atomic E-state index is 11.2.